The van der Waals surface area contributed by atoms with Crippen molar-refractivity contribution in [3.8, 4) is 6.07 Å². The van der Waals surface area contributed by atoms with Gasteiger partial charge in [0.25, 0.3) is 0 Å². The highest BCUT2D eigenvalue weighted by molar-refractivity contribution is 4.75. The van der Waals surface area contributed by atoms with Crippen molar-refractivity contribution in [2.24, 2.45) is 5.92 Å². The average molecular weight is 210 g/mol. The summed E-state index contributed by atoms with van der Waals surface area (Å²) in [5.74, 6) is 0.773. The minimum atomic E-state index is 0.594. The molecule has 0 radical (unpaired) electrons. The molecule has 0 saturated carbocycles. The molecule has 0 amide bonds. The summed E-state index contributed by atoms with van der Waals surface area (Å²) in [5, 5.41) is 11.9. The second-order valence-electron chi connectivity index (χ2n) is 4.31. The topological polar surface area (TPSA) is 45.0 Å². The molecule has 0 aromatic rings. The summed E-state index contributed by atoms with van der Waals surface area (Å²) < 4.78 is 5.34. The van der Waals surface area contributed by atoms with Gasteiger partial charge in [0.2, 0.25) is 0 Å². The molecule has 1 fully saturated rings. The van der Waals surface area contributed by atoms with Crippen molar-refractivity contribution in [1.29, 1.82) is 5.26 Å². The van der Waals surface area contributed by atoms with Gasteiger partial charge in [-0.15, -0.1) is 0 Å². The molecule has 1 heterocycles. The zero-order chi connectivity index (χ0) is 10.9. The minimum absolute atomic E-state index is 0.594. The fraction of sp³-hybridized carbons (Fsp3) is 0.917. The summed E-state index contributed by atoms with van der Waals surface area (Å²) in [7, 11) is 0. The SMILES string of the molecule is CC(NCCCCC#N)C1CCOCC1. The normalized spacial score (nSPS) is 19.7. The largest absolute Gasteiger partial charge is 0.381 e. The molecule has 0 bridgehead atoms. The average Bonchev–Trinajstić information content (AvgIpc) is 2.30. The van der Waals surface area contributed by atoms with Gasteiger partial charge >= 0.3 is 0 Å². The maximum Gasteiger partial charge on any atom is 0.0621 e. The maximum atomic E-state index is 8.39. The van der Waals surface area contributed by atoms with Crippen molar-refractivity contribution >= 4 is 0 Å². The zero-order valence-electron chi connectivity index (χ0n) is 9.67. The molecule has 86 valence electrons. The van der Waals surface area contributed by atoms with E-state index in [1.165, 1.54) is 12.8 Å². The van der Waals surface area contributed by atoms with E-state index in [0.29, 0.717) is 12.5 Å². The molecule has 0 aromatic heterocycles. The first kappa shape index (κ1) is 12.5. The van der Waals surface area contributed by atoms with Crippen LogP contribution < -0.4 is 5.32 Å². The highest BCUT2D eigenvalue weighted by Crippen LogP contribution is 2.18. The molecule has 3 nitrogen and oxygen atoms in total. The van der Waals surface area contributed by atoms with Crippen molar-refractivity contribution < 1.29 is 4.74 Å². The molecule has 1 saturated heterocycles. The molecule has 0 spiro atoms. The lowest BCUT2D eigenvalue weighted by atomic mass is 9.93. The van der Waals surface area contributed by atoms with Crippen LogP contribution in [0.15, 0.2) is 0 Å². The van der Waals surface area contributed by atoms with Gasteiger partial charge in [0, 0.05) is 25.7 Å². The first-order valence-corrected chi connectivity index (χ1v) is 6.02. The molecule has 1 atom stereocenters. The van der Waals surface area contributed by atoms with Crippen LogP contribution in [0.25, 0.3) is 0 Å². The maximum absolute atomic E-state index is 8.39. The third kappa shape index (κ3) is 5.15. The lowest BCUT2D eigenvalue weighted by Gasteiger charge is -2.28. The van der Waals surface area contributed by atoms with Crippen molar-refractivity contribution in [2.45, 2.75) is 45.1 Å². The van der Waals surface area contributed by atoms with Crippen molar-refractivity contribution in [1.82, 2.24) is 5.32 Å². The molecule has 15 heavy (non-hydrogen) atoms. The van der Waals surface area contributed by atoms with E-state index in [9.17, 15) is 0 Å². The fourth-order valence-corrected chi connectivity index (χ4v) is 2.04. The van der Waals surface area contributed by atoms with Gasteiger partial charge in [0.1, 0.15) is 0 Å². The van der Waals surface area contributed by atoms with Crippen LogP contribution >= 0.6 is 0 Å². The smallest absolute Gasteiger partial charge is 0.0621 e. The molecule has 1 rings (SSSR count). The number of ether oxygens (including phenoxy) is 1. The van der Waals surface area contributed by atoms with E-state index in [1.807, 2.05) is 0 Å². The molecule has 1 aliphatic rings. The molecule has 3 heteroatoms. The molecule has 1 aliphatic heterocycles. The van der Waals surface area contributed by atoms with Gasteiger partial charge in [-0.05, 0) is 45.1 Å². The number of nitrogens with zero attached hydrogens (tertiary/aromatic N) is 1. The molecule has 1 N–H and O–H groups in total. The van der Waals surface area contributed by atoms with Gasteiger partial charge in [-0.2, -0.15) is 5.26 Å². The van der Waals surface area contributed by atoms with Crippen molar-refractivity contribution in [2.75, 3.05) is 19.8 Å². The fourth-order valence-electron chi connectivity index (χ4n) is 2.04. The van der Waals surface area contributed by atoms with Crippen molar-refractivity contribution in [3.05, 3.63) is 0 Å². The summed E-state index contributed by atoms with van der Waals surface area (Å²) in [6.45, 7) is 5.15. The lowest BCUT2D eigenvalue weighted by Crippen LogP contribution is -2.37. The van der Waals surface area contributed by atoms with Crippen LogP contribution in [0.5, 0.6) is 0 Å². The molecular weight excluding hydrogens is 188 g/mol. The van der Waals surface area contributed by atoms with Crippen LogP contribution in [-0.4, -0.2) is 25.8 Å². The Hall–Kier alpha value is -0.590. The summed E-state index contributed by atoms with van der Waals surface area (Å²) in [5.41, 5.74) is 0. The Balaban J connectivity index is 2.02. The van der Waals surface area contributed by atoms with Gasteiger partial charge in [-0.1, -0.05) is 0 Å². The van der Waals surface area contributed by atoms with Gasteiger partial charge in [0.15, 0.2) is 0 Å². The number of unbranched alkanes of at least 4 members (excludes halogenated alkanes) is 2. The van der Waals surface area contributed by atoms with Crippen LogP contribution in [0.4, 0.5) is 0 Å². The Bertz CT molecular complexity index is 194. The second-order valence-corrected chi connectivity index (χ2v) is 4.31. The number of hydrogen-bond donors (Lipinski definition) is 1. The summed E-state index contributed by atoms with van der Waals surface area (Å²) >= 11 is 0. The van der Waals surface area contributed by atoms with E-state index < -0.39 is 0 Å². The third-order valence-electron chi connectivity index (χ3n) is 3.15. The Kier molecular flexibility index (Phi) is 6.38. The standard InChI is InChI=1S/C12H22N2O/c1-11(12-5-9-15-10-6-12)14-8-4-2-3-7-13/h11-12,14H,2-6,8-10H2,1H3. The number of nitriles is 1. The Labute approximate surface area is 92.8 Å². The summed E-state index contributed by atoms with van der Waals surface area (Å²) in [6, 6.07) is 2.77. The van der Waals surface area contributed by atoms with Crippen molar-refractivity contribution in [3.63, 3.8) is 0 Å². The molecule has 0 aromatic carbocycles. The predicted octanol–water partition coefficient (Wildman–Crippen LogP) is 2.08. The quantitative estimate of drug-likeness (QED) is 0.683. The third-order valence-corrected chi connectivity index (χ3v) is 3.15. The van der Waals surface area contributed by atoms with E-state index in [-0.39, 0.29) is 0 Å². The van der Waals surface area contributed by atoms with E-state index >= 15 is 0 Å². The van der Waals surface area contributed by atoms with Gasteiger partial charge in [0.05, 0.1) is 6.07 Å². The van der Waals surface area contributed by atoms with Gasteiger partial charge in [-0.25, -0.2) is 0 Å². The molecular formula is C12H22N2O. The first-order chi connectivity index (χ1) is 7.34. The van der Waals surface area contributed by atoms with Crippen LogP contribution in [0.3, 0.4) is 0 Å². The number of hydrogen-bond acceptors (Lipinski definition) is 3. The Morgan fingerprint density at radius 3 is 2.80 bits per heavy atom. The zero-order valence-corrected chi connectivity index (χ0v) is 9.67. The second kappa shape index (κ2) is 7.67. The summed E-state index contributed by atoms with van der Waals surface area (Å²) in [4.78, 5) is 0. The van der Waals surface area contributed by atoms with E-state index in [2.05, 4.69) is 18.3 Å². The van der Waals surface area contributed by atoms with Gasteiger partial charge < -0.3 is 10.1 Å². The van der Waals surface area contributed by atoms with Crippen LogP contribution in [0.2, 0.25) is 0 Å². The van der Waals surface area contributed by atoms with Crippen LogP contribution in [0, 0.1) is 17.2 Å². The monoisotopic (exact) mass is 210 g/mol. The minimum Gasteiger partial charge on any atom is -0.381 e. The van der Waals surface area contributed by atoms with Crippen LogP contribution in [-0.2, 0) is 4.74 Å². The number of nitrogens with one attached hydrogen (secondary N) is 1. The lowest BCUT2D eigenvalue weighted by molar-refractivity contribution is 0.0560. The van der Waals surface area contributed by atoms with E-state index in [1.54, 1.807) is 0 Å². The highest BCUT2D eigenvalue weighted by Gasteiger charge is 2.19. The summed E-state index contributed by atoms with van der Waals surface area (Å²) in [6.07, 6.45) is 5.19. The highest BCUT2D eigenvalue weighted by atomic mass is 16.5. The van der Waals surface area contributed by atoms with E-state index in [0.717, 1.165) is 38.5 Å². The van der Waals surface area contributed by atoms with E-state index in [4.69, 9.17) is 10.00 Å². The Morgan fingerprint density at radius 1 is 1.40 bits per heavy atom. The van der Waals surface area contributed by atoms with Crippen LogP contribution in [0.1, 0.15) is 39.0 Å². The molecule has 1 unspecified atom stereocenters. The Morgan fingerprint density at radius 2 is 2.13 bits per heavy atom. The van der Waals surface area contributed by atoms with Gasteiger partial charge in [-0.3, -0.25) is 0 Å². The molecule has 0 aliphatic carbocycles. The predicted molar refractivity (Wildman–Crippen MR) is 60.5 cm³/mol. The number of rotatable bonds is 6. The first-order valence-electron chi connectivity index (χ1n) is 6.02.